The van der Waals surface area contributed by atoms with Crippen molar-refractivity contribution in [2.24, 2.45) is 0 Å². The zero-order valence-corrected chi connectivity index (χ0v) is 12.1. The summed E-state index contributed by atoms with van der Waals surface area (Å²) in [5.41, 5.74) is 7.37. The zero-order chi connectivity index (χ0) is 14.0. The van der Waals surface area contributed by atoms with E-state index in [0.29, 0.717) is 18.8 Å². The van der Waals surface area contributed by atoms with E-state index in [9.17, 15) is 8.42 Å². The summed E-state index contributed by atoms with van der Waals surface area (Å²) in [4.78, 5) is 0.263. The highest BCUT2D eigenvalue weighted by molar-refractivity contribution is 7.89. The molecule has 0 amide bonds. The molecule has 1 aliphatic rings. The Hall–Kier alpha value is -1.11. The lowest BCUT2D eigenvalue weighted by Gasteiger charge is -2.17. The van der Waals surface area contributed by atoms with Crippen LogP contribution in [0.4, 0.5) is 5.69 Å². The third-order valence-electron chi connectivity index (χ3n) is 3.58. The number of hydrogen-bond donors (Lipinski definition) is 1. The predicted octanol–water partition coefficient (Wildman–Crippen LogP) is 1.24. The van der Waals surface area contributed by atoms with Crippen molar-refractivity contribution in [2.45, 2.75) is 30.8 Å². The Labute approximate surface area is 114 Å². The Kier molecular flexibility index (Phi) is 4.13. The maximum absolute atomic E-state index is 12.5. The van der Waals surface area contributed by atoms with Crippen LogP contribution in [0.1, 0.15) is 18.9 Å². The molecule has 1 aliphatic heterocycles. The maximum Gasteiger partial charge on any atom is 0.243 e. The average molecular weight is 284 g/mol. The van der Waals surface area contributed by atoms with Gasteiger partial charge in [0.1, 0.15) is 0 Å². The number of aryl methyl sites for hydroxylation is 1. The lowest BCUT2D eigenvalue weighted by Crippen LogP contribution is -2.30. The highest BCUT2D eigenvalue weighted by atomic mass is 32.2. The standard InChI is InChI=1S/C13H20N2O3S/c1-3-10-4-5-12(8-13(10)14)19(16,17)15-7-6-11(9-15)18-2/h4-5,8,11H,3,6-7,9,14H2,1-2H3. The van der Waals surface area contributed by atoms with E-state index in [-0.39, 0.29) is 11.0 Å². The molecule has 5 nitrogen and oxygen atoms in total. The molecular formula is C13H20N2O3S. The molecule has 2 N–H and O–H groups in total. The molecule has 19 heavy (non-hydrogen) atoms. The molecule has 106 valence electrons. The van der Waals surface area contributed by atoms with Crippen LogP contribution in [0.2, 0.25) is 0 Å². The molecule has 0 aromatic heterocycles. The summed E-state index contributed by atoms with van der Waals surface area (Å²) in [7, 11) is -1.85. The molecule has 1 fully saturated rings. The minimum atomic E-state index is -3.46. The van der Waals surface area contributed by atoms with Crippen LogP contribution in [0.15, 0.2) is 23.1 Å². The van der Waals surface area contributed by atoms with Crippen LogP contribution < -0.4 is 5.73 Å². The van der Waals surface area contributed by atoms with Gasteiger partial charge < -0.3 is 10.5 Å². The highest BCUT2D eigenvalue weighted by Gasteiger charge is 2.32. The van der Waals surface area contributed by atoms with Crippen molar-refractivity contribution >= 4 is 15.7 Å². The molecule has 0 saturated carbocycles. The van der Waals surface area contributed by atoms with Gasteiger partial charge in [-0.3, -0.25) is 0 Å². The Morgan fingerprint density at radius 1 is 1.47 bits per heavy atom. The minimum absolute atomic E-state index is 0.0120. The second-order valence-electron chi connectivity index (χ2n) is 4.72. The number of benzene rings is 1. The summed E-state index contributed by atoms with van der Waals surface area (Å²) in [6, 6.07) is 4.96. The monoisotopic (exact) mass is 284 g/mol. The lowest BCUT2D eigenvalue weighted by molar-refractivity contribution is 0.115. The quantitative estimate of drug-likeness (QED) is 0.844. The molecule has 1 saturated heterocycles. The van der Waals surface area contributed by atoms with Gasteiger partial charge in [0.15, 0.2) is 0 Å². The topological polar surface area (TPSA) is 72.6 Å². The van der Waals surface area contributed by atoms with E-state index >= 15 is 0 Å². The summed E-state index contributed by atoms with van der Waals surface area (Å²) in [6.07, 6.45) is 1.52. The van der Waals surface area contributed by atoms with Crippen molar-refractivity contribution in [1.82, 2.24) is 4.31 Å². The van der Waals surface area contributed by atoms with Gasteiger partial charge in [-0.25, -0.2) is 8.42 Å². The number of hydrogen-bond acceptors (Lipinski definition) is 4. The average Bonchev–Trinajstić information content (AvgIpc) is 2.88. The maximum atomic E-state index is 12.5. The van der Waals surface area contributed by atoms with Gasteiger partial charge in [0, 0.05) is 25.9 Å². The molecule has 6 heteroatoms. The second kappa shape index (κ2) is 5.48. The molecule has 1 aromatic carbocycles. The summed E-state index contributed by atoms with van der Waals surface area (Å²) in [6.45, 7) is 2.90. The van der Waals surface area contributed by atoms with Crippen molar-refractivity contribution in [3.05, 3.63) is 23.8 Å². The Morgan fingerprint density at radius 2 is 2.21 bits per heavy atom. The van der Waals surface area contributed by atoms with E-state index in [0.717, 1.165) is 18.4 Å². The molecule has 0 aliphatic carbocycles. The van der Waals surface area contributed by atoms with Crippen LogP contribution in [-0.4, -0.2) is 39.0 Å². The van der Waals surface area contributed by atoms with Gasteiger partial charge in [-0.2, -0.15) is 4.31 Å². The van der Waals surface area contributed by atoms with Crippen LogP contribution in [0, 0.1) is 0 Å². The van der Waals surface area contributed by atoms with Crippen molar-refractivity contribution in [1.29, 1.82) is 0 Å². The summed E-state index contributed by atoms with van der Waals surface area (Å²) < 4.78 is 31.6. The number of ether oxygens (including phenoxy) is 1. The van der Waals surface area contributed by atoms with E-state index in [1.54, 1.807) is 25.3 Å². The summed E-state index contributed by atoms with van der Waals surface area (Å²) >= 11 is 0. The summed E-state index contributed by atoms with van der Waals surface area (Å²) in [5.74, 6) is 0. The Bertz CT molecular complexity index is 557. The van der Waals surface area contributed by atoms with Gasteiger partial charge in [0.05, 0.1) is 11.0 Å². The van der Waals surface area contributed by atoms with Crippen LogP contribution in [0.25, 0.3) is 0 Å². The molecule has 0 bridgehead atoms. The second-order valence-corrected chi connectivity index (χ2v) is 6.66. The fourth-order valence-electron chi connectivity index (χ4n) is 2.31. The smallest absolute Gasteiger partial charge is 0.243 e. The number of nitrogen functional groups attached to an aromatic ring is 1. The van der Waals surface area contributed by atoms with Crippen LogP contribution in [-0.2, 0) is 21.2 Å². The molecule has 2 rings (SSSR count). The first kappa shape index (κ1) is 14.3. The molecule has 0 spiro atoms. The molecular weight excluding hydrogens is 264 g/mol. The number of sulfonamides is 1. The molecule has 1 unspecified atom stereocenters. The molecule has 0 radical (unpaired) electrons. The fourth-order valence-corrected chi connectivity index (χ4v) is 3.84. The number of nitrogens with two attached hydrogens (primary N) is 1. The van der Waals surface area contributed by atoms with Gasteiger partial charge >= 0.3 is 0 Å². The fraction of sp³-hybridized carbons (Fsp3) is 0.538. The van der Waals surface area contributed by atoms with Gasteiger partial charge in [0.2, 0.25) is 10.0 Å². The zero-order valence-electron chi connectivity index (χ0n) is 11.3. The van der Waals surface area contributed by atoms with Crippen LogP contribution in [0.3, 0.4) is 0 Å². The third-order valence-corrected chi connectivity index (χ3v) is 5.44. The molecule has 1 aromatic rings. The first-order valence-electron chi connectivity index (χ1n) is 6.40. The number of nitrogens with zero attached hydrogens (tertiary/aromatic N) is 1. The van der Waals surface area contributed by atoms with Gasteiger partial charge in [-0.15, -0.1) is 0 Å². The normalized spacial score (nSPS) is 20.8. The van der Waals surface area contributed by atoms with Crippen molar-refractivity contribution < 1.29 is 13.2 Å². The lowest BCUT2D eigenvalue weighted by atomic mass is 10.1. The first-order chi connectivity index (χ1) is 8.98. The SMILES string of the molecule is CCc1ccc(S(=O)(=O)N2CCC(OC)C2)cc1N. The minimum Gasteiger partial charge on any atom is -0.398 e. The van der Waals surface area contributed by atoms with E-state index < -0.39 is 10.0 Å². The molecule has 1 heterocycles. The largest absolute Gasteiger partial charge is 0.398 e. The Morgan fingerprint density at radius 3 is 2.74 bits per heavy atom. The number of anilines is 1. The molecule has 1 atom stereocenters. The number of rotatable bonds is 4. The van der Waals surface area contributed by atoms with Gasteiger partial charge in [0.25, 0.3) is 0 Å². The summed E-state index contributed by atoms with van der Waals surface area (Å²) in [5, 5.41) is 0. The third kappa shape index (κ3) is 2.75. The predicted molar refractivity (Wildman–Crippen MR) is 74.4 cm³/mol. The van der Waals surface area contributed by atoms with Gasteiger partial charge in [-0.05, 0) is 30.5 Å². The van der Waals surface area contributed by atoms with Crippen molar-refractivity contribution in [3.8, 4) is 0 Å². The van der Waals surface area contributed by atoms with E-state index in [1.807, 2.05) is 6.92 Å². The van der Waals surface area contributed by atoms with Crippen LogP contribution in [0.5, 0.6) is 0 Å². The van der Waals surface area contributed by atoms with Gasteiger partial charge in [-0.1, -0.05) is 13.0 Å². The Balaban J connectivity index is 2.27. The van der Waals surface area contributed by atoms with E-state index in [1.165, 1.54) is 4.31 Å². The van der Waals surface area contributed by atoms with Crippen LogP contribution >= 0.6 is 0 Å². The van der Waals surface area contributed by atoms with Crippen molar-refractivity contribution in [2.75, 3.05) is 25.9 Å². The van der Waals surface area contributed by atoms with E-state index in [4.69, 9.17) is 10.5 Å². The van der Waals surface area contributed by atoms with Crippen molar-refractivity contribution in [3.63, 3.8) is 0 Å². The van der Waals surface area contributed by atoms with E-state index in [2.05, 4.69) is 0 Å². The highest BCUT2D eigenvalue weighted by Crippen LogP contribution is 2.25. The number of methoxy groups -OCH3 is 1. The first-order valence-corrected chi connectivity index (χ1v) is 7.84.